The Kier molecular flexibility index (Phi) is 4.66. The second-order valence-electron chi connectivity index (χ2n) is 7.37. The summed E-state index contributed by atoms with van der Waals surface area (Å²) in [5, 5.41) is 39.7. The van der Waals surface area contributed by atoms with Crippen LogP contribution in [-0.2, 0) is 14.3 Å². The highest BCUT2D eigenvalue weighted by Gasteiger charge is 2.80. The lowest BCUT2D eigenvalue weighted by Gasteiger charge is -2.56. The molecule has 2 saturated heterocycles. The van der Waals surface area contributed by atoms with Crippen molar-refractivity contribution in [2.24, 2.45) is 22.2 Å². The zero-order chi connectivity index (χ0) is 19.2. The van der Waals surface area contributed by atoms with Crippen LogP contribution in [0.4, 0.5) is 0 Å². The molecule has 25 heavy (non-hydrogen) atoms. The molecule has 2 aliphatic rings. The summed E-state index contributed by atoms with van der Waals surface area (Å²) < 4.78 is 11.7. The van der Waals surface area contributed by atoms with Gasteiger partial charge in [0.2, 0.25) is 5.91 Å². The van der Waals surface area contributed by atoms with Gasteiger partial charge in [0, 0.05) is 5.41 Å². The summed E-state index contributed by atoms with van der Waals surface area (Å²) >= 11 is 0. The molecule has 0 aromatic heterocycles. The molecule has 2 aliphatic heterocycles. The van der Waals surface area contributed by atoms with Crippen molar-refractivity contribution in [3.63, 3.8) is 0 Å². The fourth-order valence-corrected chi connectivity index (χ4v) is 3.97. The van der Waals surface area contributed by atoms with E-state index in [2.05, 4.69) is 11.4 Å². The van der Waals surface area contributed by atoms with Gasteiger partial charge in [-0.15, -0.1) is 0 Å². The van der Waals surface area contributed by atoms with Gasteiger partial charge < -0.3 is 20.0 Å². The molecule has 1 amide bonds. The maximum Gasteiger partial charge on any atom is 0.248 e. The Balaban J connectivity index is 2.75. The third kappa shape index (κ3) is 2.14. The molecule has 9 nitrogen and oxygen atoms in total. The van der Waals surface area contributed by atoms with Crippen LogP contribution in [0.5, 0.6) is 0 Å². The van der Waals surface area contributed by atoms with Gasteiger partial charge in [0.15, 0.2) is 17.1 Å². The highest BCUT2D eigenvalue weighted by Crippen LogP contribution is 2.63. The molecule has 136 valence electrons. The molecule has 5 unspecified atom stereocenters. The summed E-state index contributed by atoms with van der Waals surface area (Å²) in [5.41, 5.74) is -2.99. The van der Waals surface area contributed by atoms with Crippen molar-refractivity contribution in [1.82, 2.24) is 10.8 Å². The summed E-state index contributed by atoms with van der Waals surface area (Å²) in [6, 6.07) is 4.08. The van der Waals surface area contributed by atoms with Gasteiger partial charge in [0.1, 0.15) is 12.1 Å². The molecule has 4 N–H and O–H groups in total. The first-order valence-electron chi connectivity index (χ1n) is 8.00. The number of nitrogens with one attached hydrogen (secondary N) is 3. The van der Waals surface area contributed by atoms with Gasteiger partial charge in [-0.2, -0.15) is 16.0 Å². The fourth-order valence-electron chi connectivity index (χ4n) is 3.97. The number of carbonyl (C=O) groups is 1. The van der Waals surface area contributed by atoms with E-state index in [1.54, 1.807) is 27.7 Å². The first kappa shape index (κ1) is 19.3. The fraction of sp³-hybridized carbons (Fsp3) is 0.750. The highest BCUT2D eigenvalue weighted by atomic mass is 16.7. The van der Waals surface area contributed by atoms with Gasteiger partial charge in [-0.1, -0.05) is 27.7 Å². The molecule has 0 aromatic carbocycles. The quantitative estimate of drug-likeness (QED) is 0.434. The van der Waals surface area contributed by atoms with E-state index in [0.717, 1.165) is 0 Å². The molecule has 0 aromatic rings. The lowest BCUT2D eigenvalue weighted by Crippen LogP contribution is -2.69. The average molecular weight is 349 g/mol. The molecule has 0 radical (unpaired) electrons. The second-order valence-corrected chi connectivity index (χ2v) is 7.37. The van der Waals surface area contributed by atoms with Crippen LogP contribution in [0, 0.1) is 50.2 Å². The minimum atomic E-state index is -1.88. The van der Waals surface area contributed by atoms with Gasteiger partial charge >= 0.3 is 0 Å². The van der Waals surface area contributed by atoms with Gasteiger partial charge in [0.25, 0.3) is 0 Å². The van der Waals surface area contributed by atoms with Gasteiger partial charge in [-0.25, -0.2) is 0 Å². The van der Waals surface area contributed by atoms with Crippen LogP contribution in [0.25, 0.3) is 0 Å². The van der Waals surface area contributed by atoms with Crippen molar-refractivity contribution < 1.29 is 19.5 Å². The number of amides is 1. The van der Waals surface area contributed by atoms with E-state index in [0.29, 0.717) is 0 Å². The van der Waals surface area contributed by atoms with Crippen molar-refractivity contribution in [3.05, 3.63) is 0 Å². The number of fused-ring (bicyclic) bond motifs is 1. The third-order valence-corrected chi connectivity index (χ3v) is 5.28. The summed E-state index contributed by atoms with van der Waals surface area (Å²) in [4.78, 5) is 12.8. The lowest BCUT2D eigenvalue weighted by atomic mass is 9.49. The first-order valence-corrected chi connectivity index (χ1v) is 8.00. The van der Waals surface area contributed by atoms with Crippen LogP contribution < -0.4 is 10.8 Å². The van der Waals surface area contributed by atoms with E-state index in [4.69, 9.17) is 20.1 Å². The summed E-state index contributed by atoms with van der Waals surface area (Å²) in [6.45, 7) is 8.28. The monoisotopic (exact) mass is 349 g/mol. The number of rotatable bonds is 4. The highest BCUT2D eigenvalue weighted by molar-refractivity contribution is 6.14. The van der Waals surface area contributed by atoms with Crippen LogP contribution in [0.1, 0.15) is 34.6 Å². The molecule has 2 heterocycles. The lowest BCUT2D eigenvalue weighted by molar-refractivity contribution is -0.321. The van der Waals surface area contributed by atoms with Gasteiger partial charge in [-0.3, -0.25) is 10.2 Å². The molecule has 0 aliphatic carbocycles. The zero-order valence-corrected chi connectivity index (χ0v) is 14.9. The van der Waals surface area contributed by atoms with Crippen LogP contribution in [-0.4, -0.2) is 35.6 Å². The van der Waals surface area contributed by atoms with Crippen LogP contribution >= 0.6 is 0 Å². The summed E-state index contributed by atoms with van der Waals surface area (Å²) in [6.07, 6.45) is -2.81. The van der Waals surface area contributed by atoms with E-state index in [1.807, 2.05) is 11.5 Å². The van der Waals surface area contributed by atoms with Crippen molar-refractivity contribution >= 4 is 11.7 Å². The molecule has 9 heteroatoms. The molecule has 0 bridgehead atoms. The molecular formula is C16H23N5O4. The molecule has 2 rings (SSSR count). The number of nitriles is 2. The number of nitrogens with zero attached hydrogens (tertiary/aromatic N) is 2. The predicted molar refractivity (Wildman–Crippen MR) is 84.7 cm³/mol. The summed E-state index contributed by atoms with van der Waals surface area (Å²) in [5.74, 6) is -1.32. The van der Waals surface area contributed by atoms with Crippen molar-refractivity contribution in [2.45, 2.75) is 53.2 Å². The Morgan fingerprint density at radius 1 is 1.36 bits per heavy atom. The molecular weight excluding hydrogens is 326 g/mol. The van der Waals surface area contributed by atoms with Crippen molar-refractivity contribution in [1.29, 1.82) is 15.9 Å². The Morgan fingerprint density at radius 3 is 2.40 bits per heavy atom. The Hall–Kier alpha value is -2.04. The largest absolute Gasteiger partial charge is 0.346 e. The number of ether oxygens (including phenoxy) is 2. The van der Waals surface area contributed by atoms with Crippen LogP contribution in [0.3, 0.4) is 0 Å². The minimum absolute atomic E-state index is 0.278. The Labute approximate surface area is 146 Å². The maximum atomic E-state index is 12.8. The predicted octanol–water partition coefficient (Wildman–Crippen LogP) is 0.862. The topological polar surface area (TPSA) is 151 Å². The van der Waals surface area contributed by atoms with Gasteiger partial charge in [-0.05, 0) is 12.8 Å². The number of amidine groups is 1. The molecule has 0 spiro atoms. The first-order chi connectivity index (χ1) is 11.6. The van der Waals surface area contributed by atoms with Crippen LogP contribution in [0.15, 0.2) is 0 Å². The van der Waals surface area contributed by atoms with Crippen molar-refractivity contribution in [2.75, 3.05) is 0 Å². The van der Waals surface area contributed by atoms with Crippen molar-refractivity contribution in [3.8, 4) is 12.1 Å². The number of hydrogen-bond donors (Lipinski definition) is 4. The number of hydroxylamine groups is 1. The molecule has 2 fully saturated rings. The summed E-state index contributed by atoms with van der Waals surface area (Å²) in [7, 11) is 0. The smallest absolute Gasteiger partial charge is 0.248 e. The normalized spacial score (nSPS) is 37.8. The molecule has 5 atom stereocenters. The van der Waals surface area contributed by atoms with E-state index in [-0.39, 0.29) is 11.8 Å². The number of carbonyl (C=O) groups excluding carboxylic acids is 1. The Bertz CT molecular complexity index is 679. The average Bonchev–Trinajstić information content (AvgIpc) is 2.78. The second kappa shape index (κ2) is 6.04. The molecule has 0 saturated carbocycles. The van der Waals surface area contributed by atoms with E-state index in [9.17, 15) is 15.3 Å². The Morgan fingerprint density at radius 2 is 1.96 bits per heavy atom. The van der Waals surface area contributed by atoms with E-state index >= 15 is 0 Å². The van der Waals surface area contributed by atoms with Crippen LogP contribution in [0.2, 0.25) is 0 Å². The van der Waals surface area contributed by atoms with Gasteiger partial charge in [0.05, 0.1) is 18.2 Å². The SMILES string of the molecule is CC(NO)OC1OC(C(C)C)C2(C#N)C(=N)NC(=O)C2(C#N)C1(C)C. The third-order valence-electron chi connectivity index (χ3n) is 5.28. The zero-order valence-electron chi connectivity index (χ0n) is 14.9. The maximum absolute atomic E-state index is 12.8. The number of hydrogen-bond acceptors (Lipinski definition) is 8. The van der Waals surface area contributed by atoms with E-state index in [1.165, 1.54) is 6.92 Å². The van der Waals surface area contributed by atoms with E-state index < -0.39 is 40.8 Å². The standard InChI is InChI=1S/C16H23N5O4/c1-8(2)10-15(6-17)11(19)20-12(22)16(15,7-18)14(4,5)13(25-10)24-9(3)21-23/h8-10,13,21,23H,1-5H3,(H2,19,20,22). The minimum Gasteiger partial charge on any atom is -0.346 e.